The molecule has 16 heteroatoms. The number of benzene rings is 2. The SMILES string of the molecule is CS(=O)(=O)O.N=C(NCCCCCCNC(=N)NC(=N)Nc1ccc(Cl)cc1)NC(=N)Nc1ccc(Cl)cc1. The van der Waals surface area contributed by atoms with Crippen LogP contribution in [0.3, 0.4) is 0 Å². The van der Waals surface area contributed by atoms with Crippen molar-refractivity contribution < 1.29 is 13.0 Å². The third kappa shape index (κ3) is 19.2. The normalized spacial score (nSPS) is 10.3. The molecule has 39 heavy (non-hydrogen) atoms. The summed E-state index contributed by atoms with van der Waals surface area (Å²) < 4.78 is 25.9. The van der Waals surface area contributed by atoms with E-state index in [4.69, 9.17) is 49.4 Å². The predicted molar refractivity (Wildman–Crippen MR) is 159 cm³/mol. The van der Waals surface area contributed by atoms with Crippen LogP contribution in [0.2, 0.25) is 10.0 Å². The first-order valence-electron chi connectivity index (χ1n) is 11.7. The van der Waals surface area contributed by atoms with Crippen molar-refractivity contribution in [2.75, 3.05) is 30.0 Å². The molecule has 0 saturated carbocycles. The van der Waals surface area contributed by atoms with E-state index in [0.29, 0.717) is 40.8 Å². The maximum Gasteiger partial charge on any atom is 0.261 e. The Kier molecular flexibility index (Phi) is 15.3. The number of unbranched alkanes of at least 4 members (excludes halogenated alkanes) is 3. The number of rotatable bonds is 9. The molecule has 0 atom stereocenters. The van der Waals surface area contributed by atoms with Crippen LogP contribution >= 0.6 is 23.2 Å². The minimum absolute atomic E-state index is 0.00148. The molecule has 0 amide bonds. The standard InChI is InChI=1S/C22H30Cl2N10.CH4O3S/c23-15-5-9-17(10-6-15)31-21(27)33-19(25)29-13-3-1-2-4-14-30-20(26)34-22(28)32-18-11-7-16(24)8-12-18;1-5(2,3)4/h5-12H,1-4,13-14H2,(H5,25,27,29,31,33)(H5,26,28,30,32,34);1H3,(H,2,3,4). The van der Waals surface area contributed by atoms with Crippen LogP contribution in [0.15, 0.2) is 48.5 Å². The van der Waals surface area contributed by atoms with Gasteiger partial charge in [-0.2, -0.15) is 8.42 Å². The van der Waals surface area contributed by atoms with E-state index in [0.717, 1.165) is 25.7 Å². The Labute approximate surface area is 238 Å². The van der Waals surface area contributed by atoms with E-state index < -0.39 is 10.1 Å². The fourth-order valence-corrected chi connectivity index (χ4v) is 3.04. The Morgan fingerprint density at radius 1 is 0.667 bits per heavy atom. The second-order valence-corrected chi connectivity index (χ2v) is 10.4. The molecule has 0 heterocycles. The Morgan fingerprint density at radius 3 is 1.28 bits per heavy atom. The topological polar surface area (TPSA) is 222 Å². The lowest BCUT2D eigenvalue weighted by Crippen LogP contribution is -2.43. The molecule has 2 aromatic carbocycles. The summed E-state index contributed by atoms with van der Waals surface area (Å²) in [4.78, 5) is 0. The van der Waals surface area contributed by atoms with Crippen LogP contribution in [0.5, 0.6) is 0 Å². The first-order valence-corrected chi connectivity index (χ1v) is 14.3. The minimum Gasteiger partial charge on any atom is -0.356 e. The van der Waals surface area contributed by atoms with Gasteiger partial charge in [0.15, 0.2) is 23.8 Å². The number of halogens is 2. The smallest absolute Gasteiger partial charge is 0.261 e. The van der Waals surface area contributed by atoms with Crippen LogP contribution in [-0.4, -0.2) is 56.2 Å². The van der Waals surface area contributed by atoms with E-state index in [9.17, 15) is 8.42 Å². The van der Waals surface area contributed by atoms with Gasteiger partial charge in [-0.3, -0.25) is 36.8 Å². The zero-order chi connectivity index (χ0) is 29.3. The van der Waals surface area contributed by atoms with E-state index in [1.807, 2.05) is 0 Å². The molecule has 214 valence electrons. The average molecular weight is 602 g/mol. The van der Waals surface area contributed by atoms with Crippen LogP contribution in [0.25, 0.3) is 0 Å². The average Bonchev–Trinajstić information content (AvgIpc) is 2.82. The first kappa shape index (κ1) is 33.4. The second kappa shape index (κ2) is 17.8. The van der Waals surface area contributed by atoms with Gasteiger partial charge in [-0.25, -0.2) is 0 Å². The number of nitrogens with one attached hydrogen (secondary N) is 10. The van der Waals surface area contributed by atoms with Crippen LogP contribution in [-0.2, 0) is 10.1 Å². The maximum atomic E-state index is 9.19. The summed E-state index contributed by atoms with van der Waals surface area (Å²) in [6.07, 6.45) is 4.42. The van der Waals surface area contributed by atoms with Gasteiger partial charge in [0.05, 0.1) is 6.26 Å². The Bertz CT molecular complexity index is 1110. The van der Waals surface area contributed by atoms with Crippen LogP contribution < -0.4 is 31.9 Å². The molecule has 0 fully saturated rings. The largest absolute Gasteiger partial charge is 0.356 e. The van der Waals surface area contributed by atoms with Gasteiger partial charge < -0.3 is 21.3 Å². The summed E-state index contributed by atoms with van der Waals surface area (Å²) in [7, 11) is -3.67. The predicted octanol–water partition coefficient (Wildman–Crippen LogP) is 3.68. The van der Waals surface area contributed by atoms with Crippen LogP contribution in [0, 0.1) is 21.6 Å². The Balaban J connectivity index is 0.00000139. The molecule has 0 aliphatic carbocycles. The van der Waals surface area contributed by atoms with E-state index in [1.54, 1.807) is 48.5 Å². The van der Waals surface area contributed by atoms with Gasteiger partial charge >= 0.3 is 0 Å². The third-order valence-corrected chi connectivity index (χ3v) is 4.94. The monoisotopic (exact) mass is 600 g/mol. The van der Waals surface area contributed by atoms with Crippen LogP contribution in [0.1, 0.15) is 25.7 Å². The van der Waals surface area contributed by atoms with Gasteiger partial charge in [-0.1, -0.05) is 36.0 Å². The van der Waals surface area contributed by atoms with Crippen molar-refractivity contribution in [3.05, 3.63) is 58.6 Å². The van der Waals surface area contributed by atoms with Crippen molar-refractivity contribution in [3.63, 3.8) is 0 Å². The van der Waals surface area contributed by atoms with Gasteiger partial charge in [0.25, 0.3) is 10.1 Å². The summed E-state index contributed by atoms with van der Waals surface area (Å²) in [6.45, 7) is 1.25. The van der Waals surface area contributed by atoms with Gasteiger partial charge in [0, 0.05) is 34.5 Å². The van der Waals surface area contributed by atoms with Crippen molar-refractivity contribution in [2.45, 2.75) is 25.7 Å². The molecule has 0 radical (unpaired) electrons. The first-order chi connectivity index (χ1) is 18.3. The van der Waals surface area contributed by atoms with E-state index in [-0.39, 0.29) is 23.8 Å². The lowest BCUT2D eigenvalue weighted by molar-refractivity contribution is 0.490. The molecule has 2 rings (SSSR count). The van der Waals surface area contributed by atoms with Crippen molar-refractivity contribution in [1.82, 2.24) is 21.3 Å². The molecule has 13 nitrogen and oxygen atoms in total. The number of guanidine groups is 4. The quantitative estimate of drug-likeness (QED) is 0.0872. The summed E-state index contributed by atoms with van der Waals surface area (Å²) >= 11 is 11.7. The molecule has 2 aromatic rings. The number of anilines is 2. The molecule has 0 unspecified atom stereocenters. The number of hydrogen-bond donors (Lipinski definition) is 11. The summed E-state index contributed by atoms with van der Waals surface area (Å²) in [5.74, 6) is 0.112. The highest BCUT2D eigenvalue weighted by Gasteiger charge is 2.03. The number of hydrogen-bond acceptors (Lipinski definition) is 6. The van der Waals surface area contributed by atoms with Gasteiger partial charge in [-0.15, -0.1) is 0 Å². The fraction of sp³-hybridized carbons (Fsp3) is 0.304. The molecule has 0 aromatic heterocycles. The molecule has 0 aliphatic heterocycles. The van der Waals surface area contributed by atoms with Gasteiger partial charge in [0.2, 0.25) is 0 Å². The summed E-state index contributed by atoms with van der Waals surface area (Å²) in [5, 5.41) is 49.5. The molecule has 11 N–H and O–H groups in total. The summed E-state index contributed by atoms with van der Waals surface area (Å²) in [5.41, 5.74) is 1.42. The molecule has 0 aliphatic rings. The molecule has 0 saturated heterocycles. The maximum absolute atomic E-state index is 9.19. The second-order valence-electron chi connectivity index (χ2n) is 8.01. The zero-order valence-corrected chi connectivity index (χ0v) is 23.6. The molecule has 0 spiro atoms. The van der Waals surface area contributed by atoms with Gasteiger partial charge in [-0.05, 0) is 61.4 Å². The third-order valence-electron chi connectivity index (χ3n) is 4.43. The molecule has 0 bridgehead atoms. The highest BCUT2D eigenvalue weighted by atomic mass is 35.5. The van der Waals surface area contributed by atoms with E-state index in [2.05, 4.69) is 31.9 Å². The lowest BCUT2D eigenvalue weighted by Gasteiger charge is -2.13. The van der Waals surface area contributed by atoms with Crippen LogP contribution in [0.4, 0.5) is 11.4 Å². The van der Waals surface area contributed by atoms with E-state index >= 15 is 0 Å². The Morgan fingerprint density at radius 2 is 0.974 bits per heavy atom. The van der Waals surface area contributed by atoms with Crippen molar-refractivity contribution >= 4 is 68.5 Å². The highest BCUT2D eigenvalue weighted by Crippen LogP contribution is 2.13. The summed E-state index contributed by atoms with van der Waals surface area (Å²) in [6, 6.07) is 13.9. The van der Waals surface area contributed by atoms with Crippen molar-refractivity contribution in [3.8, 4) is 0 Å². The minimum atomic E-state index is -3.67. The Hall–Kier alpha value is -3.59. The van der Waals surface area contributed by atoms with Gasteiger partial charge in [0.1, 0.15) is 0 Å². The fourth-order valence-electron chi connectivity index (χ4n) is 2.79. The van der Waals surface area contributed by atoms with E-state index in [1.165, 1.54) is 0 Å². The molecular weight excluding hydrogens is 567 g/mol. The van der Waals surface area contributed by atoms with Crippen molar-refractivity contribution in [1.29, 1.82) is 21.6 Å². The lowest BCUT2D eigenvalue weighted by atomic mass is 10.2. The highest BCUT2D eigenvalue weighted by molar-refractivity contribution is 7.85. The van der Waals surface area contributed by atoms with Crippen molar-refractivity contribution in [2.24, 2.45) is 0 Å². The molecular formula is C23H34Cl2N10O3S. The zero-order valence-electron chi connectivity index (χ0n) is 21.3.